The van der Waals surface area contributed by atoms with Gasteiger partial charge in [0.05, 0.1) is 13.2 Å². The van der Waals surface area contributed by atoms with Gasteiger partial charge in [0.15, 0.2) is 0 Å². The van der Waals surface area contributed by atoms with Crippen LogP contribution in [0.15, 0.2) is 0 Å². The molecule has 8 heavy (non-hydrogen) atoms. The SMILES string of the molecule is CN1CCOC[C@H]1O. The van der Waals surface area contributed by atoms with Crippen LogP contribution in [-0.2, 0) is 4.74 Å². The van der Waals surface area contributed by atoms with Crippen LogP contribution < -0.4 is 0 Å². The Morgan fingerprint density at radius 1 is 1.75 bits per heavy atom. The van der Waals surface area contributed by atoms with Gasteiger partial charge in [0.1, 0.15) is 6.23 Å². The highest BCUT2D eigenvalue weighted by Crippen LogP contribution is 1.98. The molecule has 1 atom stereocenters. The van der Waals surface area contributed by atoms with Crippen molar-refractivity contribution in [2.45, 2.75) is 6.23 Å². The van der Waals surface area contributed by atoms with E-state index >= 15 is 0 Å². The van der Waals surface area contributed by atoms with Crippen molar-refractivity contribution in [1.82, 2.24) is 4.90 Å². The highest BCUT2D eigenvalue weighted by Gasteiger charge is 2.14. The van der Waals surface area contributed by atoms with Crippen molar-refractivity contribution < 1.29 is 9.84 Å². The molecular formula is C5H11NO2. The summed E-state index contributed by atoms with van der Waals surface area (Å²) in [6, 6.07) is 0. The van der Waals surface area contributed by atoms with Crippen molar-refractivity contribution in [2.24, 2.45) is 0 Å². The van der Waals surface area contributed by atoms with E-state index in [2.05, 4.69) is 0 Å². The van der Waals surface area contributed by atoms with E-state index in [4.69, 9.17) is 9.84 Å². The quantitative estimate of drug-likeness (QED) is 0.454. The molecule has 0 aromatic carbocycles. The normalized spacial score (nSPS) is 33.0. The average molecular weight is 117 g/mol. The van der Waals surface area contributed by atoms with Gasteiger partial charge < -0.3 is 9.84 Å². The molecule has 1 aliphatic heterocycles. The lowest BCUT2D eigenvalue weighted by molar-refractivity contribution is -0.0934. The standard InChI is InChI=1S/C5H11NO2/c1-6-2-3-8-4-5(6)7/h5,7H,2-4H2,1H3/t5-/m1/s1. The van der Waals surface area contributed by atoms with Gasteiger partial charge in [0.2, 0.25) is 0 Å². The van der Waals surface area contributed by atoms with Crippen molar-refractivity contribution in [3.8, 4) is 0 Å². The fraction of sp³-hybridized carbons (Fsp3) is 1.00. The van der Waals surface area contributed by atoms with Crippen molar-refractivity contribution >= 4 is 0 Å². The van der Waals surface area contributed by atoms with E-state index in [0.29, 0.717) is 6.61 Å². The molecule has 1 heterocycles. The molecule has 0 amide bonds. The largest absolute Gasteiger partial charge is 0.376 e. The molecule has 1 N–H and O–H groups in total. The van der Waals surface area contributed by atoms with Crippen LogP contribution in [0.3, 0.4) is 0 Å². The second-order valence-corrected chi connectivity index (χ2v) is 2.04. The number of morpholine rings is 1. The molecule has 1 aliphatic rings. The smallest absolute Gasteiger partial charge is 0.130 e. The van der Waals surface area contributed by atoms with Crippen LogP contribution in [-0.4, -0.2) is 43.0 Å². The fourth-order valence-electron chi connectivity index (χ4n) is 0.674. The lowest BCUT2D eigenvalue weighted by Crippen LogP contribution is -2.42. The van der Waals surface area contributed by atoms with E-state index in [0.717, 1.165) is 13.2 Å². The number of nitrogens with zero attached hydrogens (tertiary/aromatic N) is 1. The monoisotopic (exact) mass is 117 g/mol. The highest BCUT2D eigenvalue weighted by atomic mass is 16.5. The molecular weight excluding hydrogens is 106 g/mol. The molecule has 48 valence electrons. The molecule has 3 heteroatoms. The maximum absolute atomic E-state index is 8.98. The van der Waals surface area contributed by atoms with Gasteiger partial charge in [-0.2, -0.15) is 0 Å². The fourth-order valence-corrected chi connectivity index (χ4v) is 0.674. The van der Waals surface area contributed by atoms with Crippen LogP contribution in [0.1, 0.15) is 0 Å². The van der Waals surface area contributed by atoms with Crippen LogP contribution in [0.4, 0.5) is 0 Å². The zero-order valence-electron chi connectivity index (χ0n) is 5.00. The molecule has 0 bridgehead atoms. The minimum Gasteiger partial charge on any atom is -0.376 e. The Morgan fingerprint density at radius 3 is 2.88 bits per heavy atom. The van der Waals surface area contributed by atoms with Crippen molar-refractivity contribution in [2.75, 3.05) is 26.8 Å². The Bertz CT molecular complexity index is 66.8. The summed E-state index contributed by atoms with van der Waals surface area (Å²) in [5.41, 5.74) is 0. The zero-order valence-corrected chi connectivity index (χ0v) is 5.00. The van der Waals surface area contributed by atoms with Gasteiger partial charge in [-0.1, -0.05) is 0 Å². The van der Waals surface area contributed by atoms with Gasteiger partial charge in [0.25, 0.3) is 0 Å². The first kappa shape index (κ1) is 6.01. The maximum Gasteiger partial charge on any atom is 0.130 e. The van der Waals surface area contributed by atoms with Gasteiger partial charge in [0, 0.05) is 6.54 Å². The molecule has 0 spiro atoms. The summed E-state index contributed by atoms with van der Waals surface area (Å²) < 4.78 is 4.96. The zero-order chi connectivity index (χ0) is 5.98. The van der Waals surface area contributed by atoms with Crippen molar-refractivity contribution in [3.63, 3.8) is 0 Å². The topological polar surface area (TPSA) is 32.7 Å². The Hall–Kier alpha value is -0.120. The van der Waals surface area contributed by atoms with E-state index < -0.39 is 0 Å². The molecule has 3 nitrogen and oxygen atoms in total. The molecule has 0 unspecified atom stereocenters. The second kappa shape index (κ2) is 2.44. The predicted octanol–water partition coefficient (Wildman–Crippen LogP) is -0.733. The molecule has 0 saturated carbocycles. The summed E-state index contributed by atoms with van der Waals surface area (Å²) in [6.45, 7) is 2.03. The van der Waals surface area contributed by atoms with Gasteiger partial charge >= 0.3 is 0 Å². The summed E-state index contributed by atoms with van der Waals surface area (Å²) in [6.07, 6.45) is -0.385. The third-order valence-electron chi connectivity index (χ3n) is 1.36. The number of ether oxygens (including phenoxy) is 1. The van der Waals surface area contributed by atoms with Crippen LogP contribution >= 0.6 is 0 Å². The van der Waals surface area contributed by atoms with E-state index in [9.17, 15) is 0 Å². The number of hydrogen-bond acceptors (Lipinski definition) is 3. The lowest BCUT2D eigenvalue weighted by atomic mass is 10.4. The Morgan fingerprint density at radius 2 is 2.50 bits per heavy atom. The van der Waals surface area contributed by atoms with Crippen LogP contribution in [0.2, 0.25) is 0 Å². The minimum atomic E-state index is -0.385. The van der Waals surface area contributed by atoms with Crippen LogP contribution in [0.25, 0.3) is 0 Å². The first-order chi connectivity index (χ1) is 3.80. The summed E-state index contributed by atoms with van der Waals surface area (Å²) in [5, 5.41) is 8.98. The summed E-state index contributed by atoms with van der Waals surface area (Å²) in [7, 11) is 1.88. The molecule has 0 aromatic heterocycles. The highest BCUT2D eigenvalue weighted by molar-refractivity contribution is 4.59. The second-order valence-electron chi connectivity index (χ2n) is 2.04. The summed E-state index contributed by atoms with van der Waals surface area (Å²) >= 11 is 0. The molecule has 0 aliphatic carbocycles. The summed E-state index contributed by atoms with van der Waals surface area (Å²) in [5.74, 6) is 0. The first-order valence-electron chi connectivity index (χ1n) is 2.77. The molecule has 0 aromatic rings. The van der Waals surface area contributed by atoms with E-state index in [1.807, 2.05) is 11.9 Å². The van der Waals surface area contributed by atoms with E-state index in [-0.39, 0.29) is 6.23 Å². The number of aliphatic hydroxyl groups is 1. The number of rotatable bonds is 0. The van der Waals surface area contributed by atoms with E-state index in [1.165, 1.54) is 0 Å². The average Bonchev–Trinajstić information content (AvgIpc) is 1.77. The molecule has 1 fully saturated rings. The molecule has 1 rings (SSSR count). The third-order valence-corrected chi connectivity index (χ3v) is 1.36. The minimum absolute atomic E-state index is 0.385. The Labute approximate surface area is 48.9 Å². The Balaban J connectivity index is 2.28. The predicted molar refractivity (Wildman–Crippen MR) is 29.5 cm³/mol. The van der Waals surface area contributed by atoms with Gasteiger partial charge in [-0.3, -0.25) is 4.90 Å². The van der Waals surface area contributed by atoms with Crippen molar-refractivity contribution in [1.29, 1.82) is 0 Å². The molecule has 0 radical (unpaired) electrons. The van der Waals surface area contributed by atoms with Gasteiger partial charge in [-0.25, -0.2) is 0 Å². The van der Waals surface area contributed by atoms with E-state index in [1.54, 1.807) is 0 Å². The van der Waals surface area contributed by atoms with Gasteiger partial charge in [-0.05, 0) is 7.05 Å². The maximum atomic E-state index is 8.98. The number of likely N-dealkylation sites (N-methyl/N-ethyl adjacent to an activating group) is 1. The van der Waals surface area contributed by atoms with Crippen LogP contribution in [0, 0.1) is 0 Å². The van der Waals surface area contributed by atoms with Crippen molar-refractivity contribution in [3.05, 3.63) is 0 Å². The van der Waals surface area contributed by atoms with Gasteiger partial charge in [-0.15, -0.1) is 0 Å². The Kier molecular flexibility index (Phi) is 1.83. The molecule has 1 saturated heterocycles. The number of hydrogen-bond donors (Lipinski definition) is 1. The summed E-state index contributed by atoms with van der Waals surface area (Å²) in [4.78, 5) is 1.86. The lowest BCUT2D eigenvalue weighted by Gasteiger charge is -2.27. The first-order valence-corrected chi connectivity index (χ1v) is 2.77. The number of aliphatic hydroxyl groups excluding tert-OH is 1. The van der Waals surface area contributed by atoms with Crippen LogP contribution in [0.5, 0.6) is 0 Å². The third kappa shape index (κ3) is 1.18.